The number of hydrogen-bond acceptors (Lipinski definition) is 1. The smallest absolute Gasteiger partial charge is 0.0409 e. The lowest BCUT2D eigenvalue weighted by atomic mass is 9.68. The molecule has 2 saturated carbocycles. The van der Waals surface area contributed by atoms with Crippen molar-refractivity contribution in [3.63, 3.8) is 0 Å². The standard InChI is InChI=1S/C18H27N/c1-17(2)9-4-7-15(13-17)14-6-3-8-16(12-14)18(19)10-5-11-18/h3,6,8,12,15H,4-5,7,9-11,13,19H2,1-2H3. The maximum absolute atomic E-state index is 6.48. The highest BCUT2D eigenvalue weighted by Gasteiger charge is 2.35. The van der Waals surface area contributed by atoms with Crippen LogP contribution in [0, 0.1) is 5.41 Å². The molecule has 2 aliphatic rings. The molecule has 0 heterocycles. The second-order valence-electron chi connectivity index (χ2n) is 7.59. The lowest BCUT2D eigenvalue weighted by molar-refractivity contribution is 0.218. The summed E-state index contributed by atoms with van der Waals surface area (Å²) in [6, 6.07) is 9.18. The minimum Gasteiger partial charge on any atom is -0.321 e. The van der Waals surface area contributed by atoms with Crippen LogP contribution < -0.4 is 5.73 Å². The van der Waals surface area contributed by atoms with Gasteiger partial charge in [-0.05, 0) is 61.0 Å². The Balaban J connectivity index is 1.83. The molecule has 0 amide bonds. The molecule has 2 N–H and O–H groups in total. The van der Waals surface area contributed by atoms with Crippen LogP contribution in [-0.2, 0) is 5.54 Å². The van der Waals surface area contributed by atoms with Crippen LogP contribution in [0.15, 0.2) is 24.3 Å². The van der Waals surface area contributed by atoms with E-state index in [4.69, 9.17) is 5.73 Å². The molecule has 0 aromatic heterocycles. The lowest BCUT2D eigenvalue weighted by Gasteiger charge is -2.40. The van der Waals surface area contributed by atoms with E-state index in [1.807, 2.05) is 0 Å². The second-order valence-corrected chi connectivity index (χ2v) is 7.59. The summed E-state index contributed by atoms with van der Waals surface area (Å²) in [6.45, 7) is 4.83. The molecule has 1 atom stereocenters. The van der Waals surface area contributed by atoms with E-state index in [1.165, 1.54) is 43.2 Å². The number of nitrogens with two attached hydrogens (primary N) is 1. The number of benzene rings is 1. The SMILES string of the molecule is CC1(C)CCCC(c2cccc(C3(N)CCC3)c2)C1. The van der Waals surface area contributed by atoms with Gasteiger partial charge in [-0.25, -0.2) is 0 Å². The van der Waals surface area contributed by atoms with Gasteiger partial charge in [0.25, 0.3) is 0 Å². The van der Waals surface area contributed by atoms with E-state index in [1.54, 1.807) is 0 Å². The van der Waals surface area contributed by atoms with Crippen molar-refractivity contribution in [1.29, 1.82) is 0 Å². The van der Waals surface area contributed by atoms with Crippen molar-refractivity contribution in [2.24, 2.45) is 11.1 Å². The topological polar surface area (TPSA) is 26.0 Å². The van der Waals surface area contributed by atoms with Crippen LogP contribution in [0.5, 0.6) is 0 Å². The molecule has 0 saturated heterocycles. The molecule has 1 aromatic carbocycles. The molecule has 2 fully saturated rings. The quantitative estimate of drug-likeness (QED) is 0.816. The zero-order chi connectivity index (χ0) is 13.5. The molecule has 1 aromatic rings. The third-order valence-electron chi connectivity index (χ3n) is 5.38. The van der Waals surface area contributed by atoms with Gasteiger partial charge in [0, 0.05) is 5.54 Å². The van der Waals surface area contributed by atoms with Crippen LogP contribution in [-0.4, -0.2) is 0 Å². The molecule has 0 spiro atoms. The predicted molar refractivity (Wildman–Crippen MR) is 81.1 cm³/mol. The van der Waals surface area contributed by atoms with Crippen molar-refractivity contribution in [3.8, 4) is 0 Å². The molecule has 1 heteroatoms. The Hall–Kier alpha value is -0.820. The van der Waals surface area contributed by atoms with Crippen molar-refractivity contribution >= 4 is 0 Å². The zero-order valence-corrected chi connectivity index (χ0v) is 12.4. The van der Waals surface area contributed by atoms with Gasteiger partial charge in [0.05, 0.1) is 0 Å². The van der Waals surface area contributed by atoms with Gasteiger partial charge in [-0.15, -0.1) is 0 Å². The number of rotatable bonds is 2. The summed E-state index contributed by atoms with van der Waals surface area (Å²) in [5.74, 6) is 0.743. The van der Waals surface area contributed by atoms with Gasteiger partial charge in [-0.1, -0.05) is 44.5 Å². The Morgan fingerprint density at radius 2 is 1.89 bits per heavy atom. The third-order valence-corrected chi connectivity index (χ3v) is 5.38. The Morgan fingerprint density at radius 1 is 1.11 bits per heavy atom. The summed E-state index contributed by atoms with van der Waals surface area (Å²) >= 11 is 0. The molecular formula is C18H27N. The van der Waals surface area contributed by atoms with Gasteiger partial charge in [0.2, 0.25) is 0 Å². The maximum atomic E-state index is 6.48. The van der Waals surface area contributed by atoms with Crippen LogP contribution in [0.4, 0.5) is 0 Å². The van der Waals surface area contributed by atoms with Gasteiger partial charge in [-0.3, -0.25) is 0 Å². The number of hydrogen-bond donors (Lipinski definition) is 1. The molecule has 2 aliphatic carbocycles. The van der Waals surface area contributed by atoms with Crippen molar-refractivity contribution in [1.82, 2.24) is 0 Å². The van der Waals surface area contributed by atoms with Gasteiger partial charge < -0.3 is 5.73 Å². The summed E-state index contributed by atoms with van der Waals surface area (Å²) < 4.78 is 0. The van der Waals surface area contributed by atoms with E-state index in [9.17, 15) is 0 Å². The molecular weight excluding hydrogens is 230 g/mol. The highest BCUT2D eigenvalue weighted by Crippen LogP contribution is 2.45. The zero-order valence-electron chi connectivity index (χ0n) is 12.4. The fourth-order valence-electron chi connectivity index (χ4n) is 3.93. The van der Waals surface area contributed by atoms with Gasteiger partial charge in [-0.2, -0.15) is 0 Å². The van der Waals surface area contributed by atoms with Crippen LogP contribution in [0.1, 0.15) is 75.8 Å². The first-order valence-electron chi connectivity index (χ1n) is 7.88. The van der Waals surface area contributed by atoms with Gasteiger partial charge >= 0.3 is 0 Å². The molecule has 1 unspecified atom stereocenters. The monoisotopic (exact) mass is 257 g/mol. The third kappa shape index (κ3) is 2.58. The first-order valence-corrected chi connectivity index (χ1v) is 7.88. The molecule has 0 bridgehead atoms. The van der Waals surface area contributed by atoms with E-state index in [0.717, 1.165) is 18.8 Å². The normalized spacial score (nSPS) is 28.7. The largest absolute Gasteiger partial charge is 0.321 e. The molecule has 19 heavy (non-hydrogen) atoms. The first kappa shape index (κ1) is 13.2. The Labute approximate surface area is 117 Å². The Bertz CT molecular complexity index is 457. The van der Waals surface area contributed by atoms with Gasteiger partial charge in [0.15, 0.2) is 0 Å². The summed E-state index contributed by atoms with van der Waals surface area (Å²) in [7, 11) is 0. The minimum atomic E-state index is -0.0137. The second kappa shape index (κ2) is 4.63. The van der Waals surface area contributed by atoms with Crippen molar-refractivity contribution in [3.05, 3.63) is 35.4 Å². The van der Waals surface area contributed by atoms with Crippen LogP contribution in [0.2, 0.25) is 0 Å². The average molecular weight is 257 g/mol. The summed E-state index contributed by atoms with van der Waals surface area (Å²) in [6.07, 6.45) is 9.04. The van der Waals surface area contributed by atoms with E-state index in [-0.39, 0.29) is 5.54 Å². The Kier molecular flexibility index (Phi) is 3.21. The molecule has 0 aliphatic heterocycles. The maximum Gasteiger partial charge on any atom is 0.0409 e. The highest BCUT2D eigenvalue weighted by molar-refractivity contribution is 5.33. The molecule has 1 nitrogen and oxygen atoms in total. The van der Waals surface area contributed by atoms with E-state index in [2.05, 4.69) is 38.1 Å². The van der Waals surface area contributed by atoms with Crippen molar-refractivity contribution in [2.45, 2.75) is 70.3 Å². The van der Waals surface area contributed by atoms with Gasteiger partial charge in [0.1, 0.15) is 0 Å². The molecule has 3 rings (SSSR count). The fourth-order valence-corrected chi connectivity index (χ4v) is 3.93. The summed E-state index contributed by atoms with van der Waals surface area (Å²) in [5, 5.41) is 0. The van der Waals surface area contributed by atoms with Crippen molar-refractivity contribution < 1.29 is 0 Å². The lowest BCUT2D eigenvalue weighted by Crippen LogP contribution is -2.43. The summed E-state index contributed by atoms with van der Waals surface area (Å²) in [4.78, 5) is 0. The minimum absolute atomic E-state index is 0.0137. The van der Waals surface area contributed by atoms with Crippen LogP contribution in [0.25, 0.3) is 0 Å². The average Bonchev–Trinajstić information content (AvgIpc) is 2.35. The highest BCUT2D eigenvalue weighted by atomic mass is 14.8. The Morgan fingerprint density at radius 3 is 2.53 bits per heavy atom. The molecule has 0 radical (unpaired) electrons. The predicted octanol–water partition coefficient (Wildman–Crippen LogP) is 4.71. The van der Waals surface area contributed by atoms with E-state index in [0.29, 0.717) is 5.41 Å². The van der Waals surface area contributed by atoms with Crippen LogP contribution >= 0.6 is 0 Å². The molecule has 104 valence electrons. The van der Waals surface area contributed by atoms with Crippen LogP contribution in [0.3, 0.4) is 0 Å². The van der Waals surface area contributed by atoms with Crippen molar-refractivity contribution in [2.75, 3.05) is 0 Å². The summed E-state index contributed by atoms with van der Waals surface area (Å²) in [5.41, 5.74) is 9.88. The first-order chi connectivity index (χ1) is 8.99. The van der Waals surface area contributed by atoms with E-state index < -0.39 is 0 Å². The fraction of sp³-hybridized carbons (Fsp3) is 0.667. The van der Waals surface area contributed by atoms with E-state index >= 15 is 0 Å².